The molecule has 0 saturated heterocycles. The monoisotopic (exact) mass is 325 g/mol. The Morgan fingerprint density at radius 2 is 1.67 bits per heavy atom. The molecule has 0 aliphatic heterocycles. The summed E-state index contributed by atoms with van der Waals surface area (Å²) in [5.74, 6) is -0.496. The van der Waals surface area contributed by atoms with E-state index in [1.54, 1.807) is 25.1 Å². The molecule has 0 heterocycles. The molecule has 0 spiro atoms. The van der Waals surface area contributed by atoms with Gasteiger partial charge in [-0.05, 0) is 62.1 Å². The number of esters is 1. The quantitative estimate of drug-likeness (QED) is 0.846. The Balaban J connectivity index is 2.11. The van der Waals surface area contributed by atoms with Gasteiger partial charge in [-0.3, -0.25) is 4.79 Å². The lowest BCUT2D eigenvalue weighted by Crippen LogP contribution is -2.16. The lowest BCUT2D eigenvalue weighted by atomic mass is 10.0. The number of carbonyl (C=O) groups excluding carboxylic acids is 2. The van der Waals surface area contributed by atoms with Crippen molar-refractivity contribution in [3.63, 3.8) is 0 Å². The Bertz CT molecular complexity index is 765. The average Bonchev–Trinajstić information content (AvgIpc) is 2.53. The lowest BCUT2D eigenvalue weighted by molar-refractivity contribution is -0.115. The van der Waals surface area contributed by atoms with Crippen LogP contribution in [0.3, 0.4) is 0 Å². The number of ether oxygens (including phenoxy) is 1. The van der Waals surface area contributed by atoms with Crippen molar-refractivity contribution >= 4 is 17.6 Å². The minimum atomic E-state index is -0.387. The van der Waals surface area contributed by atoms with E-state index < -0.39 is 0 Å². The van der Waals surface area contributed by atoms with E-state index >= 15 is 0 Å². The standard InChI is InChI=1S/C20H23NO3/c1-5-24-20(23)17-9-7-14(3)18(12-17)21-19(22)11-16-8-6-13(2)15(4)10-16/h6-10,12H,5,11H2,1-4H3,(H,21,22). The van der Waals surface area contributed by atoms with Gasteiger partial charge in [0, 0.05) is 5.69 Å². The fraction of sp³-hybridized carbons (Fsp3) is 0.300. The van der Waals surface area contributed by atoms with E-state index in [-0.39, 0.29) is 11.9 Å². The number of carbonyl (C=O) groups is 2. The van der Waals surface area contributed by atoms with Crippen molar-refractivity contribution in [1.29, 1.82) is 0 Å². The molecule has 1 N–H and O–H groups in total. The fourth-order valence-electron chi connectivity index (χ4n) is 2.39. The van der Waals surface area contributed by atoms with E-state index in [2.05, 4.69) is 5.32 Å². The third-order valence-corrected chi connectivity index (χ3v) is 3.96. The molecule has 0 bridgehead atoms. The summed E-state index contributed by atoms with van der Waals surface area (Å²) < 4.78 is 5.00. The first-order valence-corrected chi connectivity index (χ1v) is 8.04. The van der Waals surface area contributed by atoms with Gasteiger partial charge in [0.15, 0.2) is 0 Å². The van der Waals surface area contributed by atoms with E-state index in [4.69, 9.17) is 4.74 Å². The normalized spacial score (nSPS) is 10.3. The molecule has 0 aromatic heterocycles. The minimum Gasteiger partial charge on any atom is -0.462 e. The van der Waals surface area contributed by atoms with Crippen LogP contribution < -0.4 is 5.32 Å². The third kappa shape index (κ3) is 4.44. The number of anilines is 1. The summed E-state index contributed by atoms with van der Waals surface area (Å²) in [6.07, 6.45) is 0.296. The second-order valence-corrected chi connectivity index (χ2v) is 5.89. The van der Waals surface area contributed by atoms with Gasteiger partial charge in [0.25, 0.3) is 0 Å². The van der Waals surface area contributed by atoms with E-state index in [1.807, 2.05) is 39.0 Å². The van der Waals surface area contributed by atoms with Gasteiger partial charge in [0.1, 0.15) is 0 Å². The molecule has 2 aromatic carbocycles. The molecule has 0 aliphatic rings. The zero-order valence-corrected chi connectivity index (χ0v) is 14.6. The van der Waals surface area contributed by atoms with Crippen LogP contribution in [0.25, 0.3) is 0 Å². The van der Waals surface area contributed by atoms with Gasteiger partial charge in [0.2, 0.25) is 5.91 Å². The summed E-state index contributed by atoms with van der Waals surface area (Å²) in [6, 6.07) is 11.2. The van der Waals surface area contributed by atoms with Crippen LogP contribution in [0, 0.1) is 20.8 Å². The van der Waals surface area contributed by atoms with Crippen molar-refractivity contribution in [2.45, 2.75) is 34.1 Å². The van der Waals surface area contributed by atoms with Gasteiger partial charge in [-0.15, -0.1) is 0 Å². The highest BCUT2D eigenvalue weighted by atomic mass is 16.5. The van der Waals surface area contributed by atoms with Gasteiger partial charge in [-0.2, -0.15) is 0 Å². The topological polar surface area (TPSA) is 55.4 Å². The maximum atomic E-state index is 12.3. The maximum absolute atomic E-state index is 12.3. The predicted octanol–water partition coefficient (Wildman–Crippen LogP) is 3.97. The Kier molecular flexibility index (Phi) is 5.74. The second-order valence-electron chi connectivity index (χ2n) is 5.89. The number of benzene rings is 2. The van der Waals surface area contributed by atoms with Crippen molar-refractivity contribution in [3.05, 3.63) is 64.2 Å². The molecular formula is C20H23NO3. The van der Waals surface area contributed by atoms with Gasteiger partial charge in [0.05, 0.1) is 18.6 Å². The number of rotatable bonds is 5. The number of hydrogen-bond donors (Lipinski definition) is 1. The Morgan fingerprint density at radius 3 is 2.33 bits per heavy atom. The van der Waals surface area contributed by atoms with E-state index in [1.165, 1.54) is 11.1 Å². The molecule has 2 rings (SSSR count). The van der Waals surface area contributed by atoms with Crippen LogP contribution in [0.2, 0.25) is 0 Å². The largest absolute Gasteiger partial charge is 0.462 e. The van der Waals surface area contributed by atoms with Crippen LogP contribution in [0.15, 0.2) is 36.4 Å². The van der Waals surface area contributed by atoms with E-state index in [9.17, 15) is 9.59 Å². The molecule has 126 valence electrons. The molecule has 2 aromatic rings. The average molecular weight is 325 g/mol. The maximum Gasteiger partial charge on any atom is 0.338 e. The van der Waals surface area contributed by atoms with E-state index in [0.29, 0.717) is 24.3 Å². The van der Waals surface area contributed by atoms with Gasteiger partial charge in [-0.25, -0.2) is 4.79 Å². The van der Waals surface area contributed by atoms with E-state index in [0.717, 1.165) is 11.1 Å². The molecule has 1 amide bonds. The van der Waals surface area contributed by atoms with Crippen LogP contribution in [0.5, 0.6) is 0 Å². The SMILES string of the molecule is CCOC(=O)c1ccc(C)c(NC(=O)Cc2ccc(C)c(C)c2)c1. The molecule has 4 nitrogen and oxygen atoms in total. The highest BCUT2D eigenvalue weighted by Crippen LogP contribution is 2.18. The van der Waals surface area contributed by atoms with Gasteiger partial charge in [-0.1, -0.05) is 24.3 Å². The Labute approximate surface area is 142 Å². The van der Waals surface area contributed by atoms with Crippen LogP contribution in [-0.4, -0.2) is 18.5 Å². The van der Waals surface area contributed by atoms with Crippen molar-refractivity contribution in [3.8, 4) is 0 Å². The highest BCUT2D eigenvalue weighted by molar-refractivity contribution is 5.96. The second kappa shape index (κ2) is 7.77. The molecule has 0 atom stereocenters. The molecule has 24 heavy (non-hydrogen) atoms. The third-order valence-electron chi connectivity index (χ3n) is 3.96. The highest BCUT2D eigenvalue weighted by Gasteiger charge is 2.11. The Hall–Kier alpha value is -2.62. The van der Waals surface area contributed by atoms with Crippen molar-refractivity contribution in [2.24, 2.45) is 0 Å². The first kappa shape index (κ1) is 17.7. The predicted molar refractivity (Wildman–Crippen MR) is 95.4 cm³/mol. The number of hydrogen-bond acceptors (Lipinski definition) is 3. The first-order valence-electron chi connectivity index (χ1n) is 8.04. The number of amides is 1. The Morgan fingerprint density at radius 1 is 0.958 bits per heavy atom. The van der Waals surface area contributed by atoms with Crippen LogP contribution in [0.4, 0.5) is 5.69 Å². The van der Waals surface area contributed by atoms with Gasteiger partial charge >= 0.3 is 5.97 Å². The molecular weight excluding hydrogens is 302 g/mol. The summed E-state index contributed by atoms with van der Waals surface area (Å²) in [4.78, 5) is 24.1. The molecule has 0 saturated carbocycles. The van der Waals surface area contributed by atoms with Crippen molar-refractivity contribution in [2.75, 3.05) is 11.9 Å². The summed E-state index contributed by atoms with van der Waals surface area (Å²) in [7, 11) is 0. The first-order chi connectivity index (χ1) is 11.4. The van der Waals surface area contributed by atoms with Crippen LogP contribution in [-0.2, 0) is 16.0 Å². The molecule has 0 radical (unpaired) electrons. The fourth-order valence-corrected chi connectivity index (χ4v) is 2.39. The zero-order chi connectivity index (χ0) is 17.7. The zero-order valence-electron chi connectivity index (χ0n) is 14.6. The van der Waals surface area contributed by atoms with Crippen molar-refractivity contribution in [1.82, 2.24) is 0 Å². The molecule has 0 aliphatic carbocycles. The summed E-state index contributed by atoms with van der Waals surface area (Å²) in [6.45, 7) is 8.05. The molecule has 0 unspecified atom stereocenters. The van der Waals surface area contributed by atoms with Crippen molar-refractivity contribution < 1.29 is 14.3 Å². The lowest BCUT2D eigenvalue weighted by Gasteiger charge is -2.11. The molecule has 4 heteroatoms. The van der Waals surface area contributed by atoms with Crippen LogP contribution in [0.1, 0.15) is 39.5 Å². The van der Waals surface area contributed by atoms with Gasteiger partial charge < -0.3 is 10.1 Å². The summed E-state index contributed by atoms with van der Waals surface area (Å²) in [5.41, 5.74) is 5.31. The summed E-state index contributed by atoms with van der Waals surface area (Å²) >= 11 is 0. The number of nitrogens with one attached hydrogen (secondary N) is 1. The molecule has 0 fully saturated rings. The number of aryl methyl sites for hydroxylation is 3. The van der Waals surface area contributed by atoms with Crippen LogP contribution >= 0.6 is 0 Å². The smallest absolute Gasteiger partial charge is 0.338 e. The summed E-state index contributed by atoms with van der Waals surface area (Å²) in [5, 5.41) is 2.88. The minimum absolute atomic E-state index is 0.109.